The molecule has 0 saturated carbocycles. The van der Waals surface area contributed by atoms with Crippen molar-refractivity contribution in [3.8, 4) is 6.01 Å². The van der Waals surface area contributed by atoms with Gasteiger partial charge in [-0.15, -0.1) is 0 Å². The molecule has 106 valence electrons. The minimum atomic E-state index is 0.00447. The van der Waals surface area contributed by atoms with Crippen molar-refractivity contribution < 1.29 is 4.74 Å². The molecular formula is C14H17ClN4O. The molecule has 6 heteroatoms. The largest absolute Gasteiger partial charge is 0.467 e. The van der Waals surface area contributed by atoms with Crippen LogP contribution in [-0.2, 0) is 5.41 Å². The van der Waals surface area contributed by atoms with Crippen molar-refractivity contribution in [1.82, 2.24) is 15.0 Å². The summed E-state index contributed by atoms with van der Waals surface area (Å²) >= 11 is 5.84. The van der Waals surface area contributed by atoms with Gasteiger partial charge >= 0.3 is 6.01 Å². The van der Waals surface area contributed by atoms with Crippen LogP contribution in [0.2, 0.25) is 5.28 Å². The lowest BCUT2D eigenvalue weighted by molar-refractivity contribution is 0.379. The highest BCUT2D eigenvalue weighted by molar-refractivity contribution is 6.28. The fraction of sp³-hybridized carbons (Fsp3) is 0.357. The van der Waals surface area contributed by atoms with E-state index in [1.165, 1.54) is 7.11 Å². The van der Waals surface area contributed by atoms with Gasteiger partial charge in [-0.05, 0) is 28.6 Å². The summed E-state index contributed by atoms with van der Waals surface area (Å²) in [5, 5.41) is 3.26. The average Bonchev–Trinajstić information content (AvgIpc) is 2.37. The lowest BCUT2D eigenvalue weighted by Gasteiger charge is -2.22. The molecule has 2 aromatic rings. The van der Waals surface area contributed by atoms with E-state index in [1.54, 1.807) is 0 Å². The molecule has 0 amide bonds. The van der Waals surface area contributed by atoms with Crippen LogP contribution in [-0.4, -0.2) is 22.1 Å². The number of aromatic nitrogens is 3. The first kappa shape index (κ1) is 14.5. The molecule has 0 radical (unpaired) electrons. The monoisotopic (exact) mass is 292 g/mol. The Kier molecular flexibility index (Phi) is 4.09. The van der Waals surface area contributed by atoms with E-state index in [9.17, 15) is 0 Å². The second-order valence-corrected chi connectivity index (χ2v) is 5.67. The summed E-state index contributed by atoms with van der Waals surface area (Å²) in [7, 11) is 1.48. The van der Waals surface area contributed by atoms with Gasteiger partial charge < -0.3 is 10.1 Å². The van der Waals surface area contributed by atoms with Crippen LogP contribution in [0.25, 0.3) is 0 Å². The Bertz CT molecular complexity index is 610. The smallest absolute Gasteiger partial charge is 0.322 e. The molecule has 1 aromatic carbocycles. The Labute approximate surface area is 123 Å². The van der Waals surface area contributed by atoms with Gasteiger partial charge in [0.2, 0.25) is 11.2 Å². The van der Waals surface area contributed by atoms with Crippen molar-refractivity contribution in [1.29, 1.82) is 0 Å². The molecule has 0 spiro atoms. The summed E-state index contributed by atoms with van der Waals surface area (Å²) in [5.74, 6) is 0.360. The minimum absolute atomic E-state index is 0.00447. The van der Waals surface area contributed by atoms with Gasteiger partial charge in [-0.25, -0.2) is 0 Å². The molecule has 0 unspecified atom stereocenters. The van der Waals surface area contributed by atoms with Crippen LogP contribution in [0.4, 0.5) is 11.6 Å². The zero-order valence-corrected chi connectivity index (χ0v) is 12.7. The molecule has 0 saturated heterocycles. The first-order valence-corrected chi connectivity index (χ1v) is 6.60. The Morgan fingerprint density at radius 2 is 1.80 bits per heavy atom. The molecule has 0 bridgehead atoms. The molecule has 1 aromatic heterocycles. The lowest BCUT2D eigenvalue weighted by Crippen LogP contribution is -2.14. The maximum absolute atomic E-state index is 5.84. The number of benzene rings is 1. The quantitative estimate of drug-likeness (QED) is 0.937. The third-order valence-electron chi connectivity index (χ3n) is 2.75. The first-order valence-electron chi connectivity index (χ1n) is 6.22. The predicted octanol–water partition coefficient (Wildman–Crippen LogP) is 3.57. The molecule has 0 atom stereocenters. The van der Waals surface area contributed by atoms with Gasteiger partial charge in [-0.3, -0.25) is 0 Å². The van der Waals surface area contributed by atoms with Gasteiger partial charge in [-0.2, -0.15) is 15.0 Å². The van der Waals surface area contributed by atoms with E-state index in [0.717, 1.165) is 11.3 Å². The van der Waals surface area contributed by atoms with Crippen LogP contribution in [0.3, 0.4) is 0 Å². The van der Waals surface area contributed by atoms with Gasteiger partial charge in [-0.1, -0.05) is 39.0 Å². The molecule has 5 nitrogen and oxygen atoms in total. The number of ether oxygens (including phenoxy) is 1. The molecule has 0 aliphatic carbocycles. The number of anilines is 2. The van der Waals surface area contributed by atoms with Crippen molar-refractivity contribution in [2.45, 2.75) is 26.2 Å². The summed E-state index contributed by atoms with van der Waals surface area (Å²) in [5.41, 5.74) is 2.10. The van der Waals surface area contributed by atoms with Crippen molar-refractivity contribution in [2.75, 3.05) is 12.4 Å². The Morgan fingerprint density at radius 3 is 2.45 bits per heavy atom. The van der Waals surface area contributed by atoms with Crippen LogP contribution >= 0.6 is 11.6 Å². The molecule has 20 heavy (non-hydrogen) atoms. The highest BCUT2D eigenvalue weighted by Gasteiger charge is 2.18. The summed E-state index contributed by atoms with van der Waals surface area (Å²) in [4.78, 5) is 12.0. The van der Waals surface area contributed by atoms with E-state index in [4.69, 9.17) is 16.3 Å². The van der Waals surface area contributed by atoms with E-state index in [-0.39, 0.29) is 16.7 Å². The van der Waals surface area contributed by atoms with Crippen molar-refractivity contribution >= 4 is 23.2 Å². The van der Waals surface area contributed by atoms with Crippen LogP contribution in [0.5, 0.6) is 6.01 Å². The van der Waals surface area contributed by atoms with Gasteiger partial charge in [0.1, 0.15) is 0 Å². The van der Waals surface area contributed by atoms with E-state index in [2.05, 4.69) is 47.1 Å². The summed E-state index contributed by atoms with van der Waals surface area (Å²) in [6.07, 6.45) is 0. The van der Waals surface area contributed by atoms with Crippen LogP contribution < -0.4 is 10.1 Å². The Balaban J connectivity index is 2.38. The highest BCUT2D eigenvalue weighted by Crippen LogP contribution is 2.30. The number of halogens is 1. The van der Waals surface area contributed by atoms with Gasteiger partial charge in [0.25, 0.3) is 0 Å². The maximum Gasteiger partial charge on any atom is 0.322 e. The second kappa shape index (κ2) is 5.63. The van der Waals surface area contributed by atoms with Crippen LogP contribution in [0, 0.1) is 0 Å². The van der Waals surface area contributed by atoms with Crippen molar-refractivity contribution in [2.24, 2.45) is 0 Å². The van der Waals surface area contributed by atoms with E-state index in [1.807, 2.05) is 18.2 Å². The number of hydrogen-bond acceptors (Lipinski definition) is 5. The van der Waals surface area contributed by atoms with E-state index < -0.39 is 0 Å². The van der Waals surface area contributed by atoms with Crippen molar-refractivity contribution in [3.63, 3.8) is 0 Å². The third-order valence-corrected chi connectivity index (χ3v) is 2.92. The number of hydrogen-bond donors (Lipinski definition) is 1. The van der Waals surface area contributed by atoms with Crippen molar-refractivity contribution in [3.05, 3.63) is 35.1 Å². The average molecular weight is 293 g/mol. The molecule has 0 aliphatic heterocycles. The predicted molar refractivity (Wildman–Crippen MR) is 79.8 cm³/mol. The molecule has 0 fully saturated rings. The third kappa shape index (κ3) is 3.36. The Hall–Kier alpha value is -1.88. The van der Waals surface area contributed by atoms with Crippen LogP contribution in [0.1, 0.15) is 26.3 Å². The first-order chi connectivity index (χ1) is 9.40. The lowest BCUT2D eigenvalue weighted by atomic mass is 9.86. The number of nitrogens with zero attached hydrogens (tertiary/aromatic N) is 3. The normalized spacial score (nSPS) is 11.2. The maximum atomic E-state index is 5.84. The van der Waals surface area contributed by atoms with Gasteiger partial charge in [0, 0.05) is 5.69 Å². The number of rotatable bonds is 3. The molecule has 0 aliphatic rings. The van der Waals surface area contributed by atoms with Gasteiger partial charge in [0.15, 0.2) is 0 Å². The number of para-hydroxylation sites is 1. The fourth-order valence-corrected chi connectivity index (χ4v) is 2.00. The van der Waals surface area contributed by atoms with Gasteiger partial charge in [0.05, 0.1) is 7.11 Å². The molecule has 1 heterocycles. The Morgan fingerprint density at radius 1 is 1.10 bits per heavy atom. The summed E-state index contributed by atoms with van der Waals surface area (Å²) < 4.78 is 4.98. The number of methoxy groups -OCH3 is 1. The molecule has 1 N–H and O–H groups in total. The van der Waals surface area contributed by atoms with E-state index >= 15 is 0 Å². The number of nitrogens with one attached hydrogen (secondary N) is 1. The SMILES string of the molecule is COc1nc(Cl)nc(Nc2ccccc2C(C)(C)C)n1. The standard InChI is InChI=1S/C14H17ClN4O/c1-14(2,3)9-7-5-6-8-10(9)16-12-17-11(15)18-13(19-12)20-4/h5-8H,1-4H3,(H,16,17,18,19). The van der Waals surface area contributed by atoms with E-state index in [0.29, 0.717) is 5.95 Å². The minimum Gasteiger partial charge on any atom is -0.467 e. The topological polar surface area (TPSA) is 59.9 Å². The summed E-state index contributed by atoms with van der Waals surface area (Å²) in [6, 6.07) is 8.19. The summed E-state index contributed by atoms with van der Waals surface area (Å²) in [6.45, 7) is 6.44. The molecule has 2 rings (SSSR count). The second-order valence-electron chi connectivity index (χ2n) is 5.34. The zero-order chi connectivity index (χ0) is 14.8. The van der Waals surface area contributed by atoms with Crippen LogP contribution in [0.15, 0.2) is 24.3 Å². The molecular weight excluding hydrogens is 276 g/mol. The zero-order valence-electron chi connectivity index (χ0n) is 11.9. The highest BCUT2D eigenvalue weighted by atomic mass is 35.5. The fourth-order valence-electron chi connectivity index (χ4n) is 1.85.